The minimum absolute atomic E-state index is 0.392. The van der Waals surface area contributed by atoms with E-state index in [1.165, 1.54) is 0 Å². The molecule has 1 aromatic heterocycles. The molecule has 0 aliphatic heterocycles. The van der Waals surface area contributed by atoms with Crippen molar-refractivity contribution in [1.82, 2.24) is 15.0 Å². The smallest absolute Gasteiger partial charge is 0.102 e. The van der Waals surface area contributed by atoms with E-state index in [-0.39, 0.29) is 0 Å². The first-order valence-corrected chi connectivity index (χ1v) is 4.92. The molecule has 0 amide bonds. The average molecular weight is 214 g/mol. The van der Waals surface area contributed by atoms with Gasteiger partial charge in [-0.05, 0) is 6.42 Å². The molecule has 1 heterocycles. The molecular weight excluding hydrogens is 196 g/mol. The molecule has 0 saturated heterocycles. The monoisotopic (exact) mass is 214 g/mol. The number of methoxy groups -OCH3 is 2. The number of aryl methyl sites for hydroxylation is 1. The molecular formula is C9H18N4O2. The van der Waals surface area contributed by atoms with Gasteiger partial charge in [0, 0.05) is 33.9 Å². The van der Waals surface area contributed by atoms with Crippen LogP contribution < -0.4 is 5.73 Å². The summed E-state index contributed by atoms with van der Waals surface area (Å²) in [6.45, 7) is 2.37. The highest BCUT2D eigenvalue weighted by Gasteiger charge is 2.10. The van der Waals surface area contributed by atoms with Crippen LogP contribution in [-0.2, 0) is 29.2 Å². The third-order valence-electron chi connectivity index (χ3n) is 2.11. The van der Waals surface area contributed by atoms with Gasteiger partial charge in [-0.3, -0.25) is 0 Å². The normalized spacial score (nSPS) is 10.9. The second kappa shape index (κ2) is 6.49. The first-order valence-electron chi connectivity index (χ1n) is 4.92. The van der Waals surface area contributed by atoms with Crippen LogP contribution in [0.2, 0.25) is 0 Å². The molecule has 2 N–H and O–H groups in total. The molecule has 0 spiro atoms. The van der Waals surface area contributed by atoms with Gasteiger partial charge in [0.1, 0.15) is 5.69 Å². The van der Waals surface area contributed by atoms with Crippen molar-refractivity contribution in [3.63, 3.8) is 0 Å². The number of aromatic nitrogens is 3. The molecule has 1 aromatic rings. The fourth-order valence-corrected chi connectivity index (χ4v) is 1.36. The van der Waals surface area contributed by atoms with E-state index in [0.717, 1.165) is 24.4 Å². The molecule has 0 radical (unpaired) electrons. The van der Waals surface area contributed by atoms with Crippen LogP contribution in [0, 0.1) is 0 Å². The molecule has 6 nitrogen and oxygen atoms in total. The van der Waals surface area contributed by atoms with E-state index >= 15 is 0 Å². The standard InChI is InChI=1S/C9H18N4O2/c1-14-5-3-4-13-9(7-15-2)8(6-10)11-12-13/h3-7,10H2,1-2H3. The molecule has 0 aliphatic rings. The van der Waals surface area contributed by atoms with Crippen LogP contribution >= 0.6 is 0 Å². The van der Waals surface area contributed by atoms with Crippen LogP contribution in [0.25, 0.3) is 0 Å². The Morgan fingerprint density at radius 1 is 1.33 bits per heavy atom. The Balaban J connectivity index is 2.64. The summed E-state index contributed by atoms with van der Waals surface area (Å²) in [5.41, 5.74) is 7.31. The van der Waals surface area contributed by atoms with Crippen LogP contribution in [0.15, 0.2) is 0 Å². The highest BCUT2D eigenvalue weighted by atomic mass is 16.5. The summed E-state index contributed by atoms with van der Waals surface area (Å²) >= 11 is 0. The van der Waals surface area contributed by atoms with Gasteiger partial charge in [0.15, 0.2) is 0 Å². The Morgan fingerprint density at radius 2 is 2.13 bits per heavy atom. The lowest BCUT2D eigenvalue weighted by molar-refractivity contribution is 0.169. The van der Waals surface area contributed by atoms with E-state index in [4.69, 9.17) is 15.2 Å². The maximum atomic E-state index is 5.55. The first-order chi connectivity index (χ1) is 7.33. The van der Waals surface area contributed by atoms with Gasteiger partial charge in [-0.15, -0.1) is 5.10 Å². The van der Waals surface area contributed by atoms with Crippen LogP contribution in [0.3, 0.4) is 0 Å². The molecule has 1 rings (SSSR count). The fourth-order valence-electron chi connectivity index (χ4n) is 1.36. The molecule has 0 aromatic carbocycles. The molecule has 0 unspecified atom stereocenters. The molecule has 0 saturated carbocycles. The maximum Gasteiger partial charge on any atom is 0.102 e. The molecule has 86 valence electrons. The van der Waals surface area contributed by atoms with Gasteiger partial charge in [-0.2, -0.15) is 0 Å². The lowest BCUT2D eigenvalue weighted by Gasteiger charge is -2.06. The first kappa shape index (κ1) is 12.1. The molecule has 0 fully saturated rings. The number of hydrogen-bond acceptors (Lipinski definition) is 5. The number of hydrogen-bond donors (Lipinski definition) is 1. The summed E-state index contributed by atoms with van der Waals surface area (Å²) < 4.78 is 11.9. The highest BCUT2D eigenvalue weighted by Crippen LogP contribution is 2.06. The van der Waals surface area contributed by atoms with Gasteiger partial charge in [0.05, 0.1) is 12.3 Å². The summed E-state index contributed by atoms with van der Waals surface area (Å²) in [4.78, 5) is 0. The molecule has 15 heavy (non-hydrogen) atoms. The van der Waals surface area contributed by atoms with Crippen molar-refractivity contribution < 1.29 is 9.47 Å². The zero-order valence-corrected chi connectivity index (χ0v) is 9.27. The summed E-state index contributed by atoms with van der Waals surface area (Å²) in [6, 6.07) is 0. The molecule has 0 atom stereocenters. The van der Waals surface area contributed by atoms with Crippen molar-refractivity contribution in [2.24, 2.45) is 5.73 Å². The van der Waals surface area contributed by atoms with E-state index in [9.17, 15) is 0 Å². The lowest BCUT2D eigenvalue weighted by atomic mass is 10.3. The second-order valence-corrected chi connectivity index (χ2v) is 3.19. The van der Waals surface area contributed by atoms with Crippen molar-refractivity contribution in [3.8, 4) is 0 Å². The zero-order chi connectivity index (χ0) is 11.1. The van der Waals surface area contributed by atoms with E-state index < -0.39 is 0 Å². The van der Waals surface area contributed by atoms with Gasteiger partial charge in [-0.1, -0.05) is 5.21 Å². The maximum absolute atomic E-state index is 5.55. The van der Waals surface area contributed by atoms with Crippen molar-refractivity contribution in [3.05, 3.63) is 11.4 Å². The van der Waals surface area contributed by atoms with Crippen LogP contribution in [-0.4, -0.2) is 35.8 Å². The van der Waals surface area contributed by atoms with Crippen molar-refractivity contribution >= 4 is 0 Å². The van der Waals surface area contributed by atoms with Crippen molar-refractivity contribution in [2.75, 3.05) is 20.8 Å². The fraction of sp³-hybridized carbons (Fsp3) is 0.778. The van der Waals surface area contributed by atoms with Gasteiger partial charge in [0.2, 0.25) is 0 Å². The minimum Gasteiger partial charge on any atom is -0.385 e. The van der Waals surface area contributed by atoms with Crippen molar-refractivity contribution in [1.29, 1.82) is 0 Å². The van der Waals surface area contributed by atoms with Crippen LogP contribution in [0.4, 0.5) is 0 Å². The Kier molecular flexibility index (Phi) is 5.23. The zero-order valence-electron chi connectivity index (χ0n) is 9.27. The summed E-state index contributed by atoms with van der Waals surface area (Å²) in [5, 5.41) is 8.03. The quantitative estimate of drug-likeness (QED) is 0.642. The van der Waals surface area contributed by atoms with Crippen molar-refractivity contribution in [2.45, 2.75) is 26.1 Å². The van der Waals surface area contributed by atoms with Gasteiger partial charge < -0.3 is 15.2 Å². The van der Waals surface area contributed by atoms with E-state index in [1.807, 2.05) is 4.68 Å². The summed E-state index contributed by atoms with van der Waals surface area (Å²) in [5.74, 6) is 0. The Labute approximate surface area is 89.3 Å². The third kappa shape index (κ3) is 3.26. The van der Waals surface area contributed by atoms with E-state index in [0.29, 0.717) is 19.8 Å². The Bertz CT molecular complexity index is 288. The van der Waals surface area contributed by atoms with E-state index in [2.05, 4.69) is 10.3 Å². The lowest BCUT2D eigenvalue weighted by Crippen LogP contribution is -2.10. The average Bonchev–Trinajstić information content (AvgIpc) is 2.62. The summed E-state index contributed by atoms with van der Waals surface area (Å²) in [7, 11) is 3.33. The van der Waals surface area contributed by atoms with E-state index in [1.54, 1.807) is 14.2 Å². The molecule has 0 aliphatic carbocycles. The van der Waals surface area contributed by atoms with Gasteiger partial charge >= 0.3 is 0 Å². The highest BCUT2D eigenvalue weighted by molar-refractivity contribution is 5.08. The molecule has 0 bridgehead atoms. The predicted octanol–water partition coefficient (Wildman–Crippen LogP) is -0.0803. The number of nitrogens with two attached hydrogens (primary N) is 1. The third-order valence-corrected chi connectivity index (χ3v) is 2.11. The predicted molar refractivity (Wildman–Crippen MR) is 55.1 cm³/mol. The topological polar surface area (TPSA) is 75.2 Å². The van der Waals surface area contributed by atoms with Gasteiger partial charge in [0.25, 0.3) is 0 Å². The largest absolute Gasteiger partial charge is 0.385 e. The van der Waals surface area contributed by atoms with Crippen LogP contribution in [0.5, 0.6) is 0 Å². The SMILES string of the molecule is COCCCn1nnc(CN)c1COC. The number of ether oxygens (including phenoxy) is 2. The van der Waals surface area contributed by atoms with Gasteiger partial charge in [-0.25, -0.2) is 4.68 Å². The number of nitrogens with zero attached hydrogens (tertiary/aromatic N) is 3. The summed E-state index contributed by atoms with van der Waals surface area (Å²) in [6.07, 6.45) is 0.903. The minimum atomic E-state index is 0.392. The number of rotatable bonds is 7. The molecule has 6 heteroatoms. The van der Waals surface area contributed by atoms with Crippen LogP contribution in [0.1, 0.15) is 17.8 Å². The second-order valence-electron chi connectivity index (χ2n) is 3.19. The Morgan fingerprint density at radius 3 is 2.73 bits per heavy atom. The Hall–Kier alpha value is -0.980.